The maximum absolute atomic E-state index is 10.8. The number of hydrogen-bond acceptors (Lipinski definition) is 4. The third-order valence-corrected chi connectivity index (χ3v) is 3.68. The predicted molar refractivity (Wildman–Crippen MR) is 88.9 cm³/mol. The van der Waals surface area contributed by atoms with E-state index in [-0.39, 0.29) is 0 Å². The molecule has 0 radical (unpaired) electrons. The van der Waals surface area contributed by atoms with Gasteiger partial charge in [-0.2, -0.15) is 0 Å². The van der Waals surface area contributed by atoms with Crippen LogP contribution in [0.4, 0.5) is 0 Å². The van der Waals surface area contributed by atoms with Gasteiger partial charge in [-0.25, -0.2) is 9.78 Å². The Hall–Kier alpha value is -2.54. The number of nitrogens with zero attached hydrogens (tertiary/aromatic N) is 1. The van der Waals surface area contributed by atoms with Crippen molar-refractivity contribution in [3.63, 3.8) is 0 Å². The van der Waals surface area contributed by atoms with Crippen molar-refractivity contribution in [1.82, 2.24) is 9.97 Å². The van der Waals surface area contributed by atoms with Crippen LogP contribution in [0.1, 0.15) is 0 Å². The monoisotopic (exact) mass is 376 g/mol. The molecule has 0 bridgehead atoms. The highest BCUT2D eigenvalue weighted by molar-refractivity contribution is 9.10. The molecule has 0 saturated heterocycles. The van der Waals surface area contributed by atoms with Crippen LogP contribution in [-0.4, -0.2) is 34.8 Å². The third kappa shape index (κ3) is 3.14. The molecule has 7 heteroatoms. The summed E-state index contributed by atoms with van der Waals surface area (Å²) in [4.78, 5) is 18.6. The first-order valence-corrected chi connectivity index (χ1v) is 7.55. The standard InChI is InChI=1S/C16H13BrN2O4/c1-22-13-7-9(17)6-10(15(13)23-8-14(20)21)16-18-11-4-2-3-5-12(11)19-16/h2-7H,8H2,1H3,(H,18,19)(H,20,21). The quantitative estimate of drug-likeness (QED) is 0.712. The fourth-order valence-corrected chi connectivity index (χ4v) is 2.70. The number of carboxylic acids is 1. The molecule has 0 atom stereocenters. The Kier molecular flexibility index (Phi) is 4.20. The number of H-pyrrole nitrogens is 1. The van der Waals surface area contributed by atoms with E-state index in [1.165, 1.54) is 7.11 Å². The molecule has 23 heavy (non-hydrogen) atoms. The Bertz CT molecular complexity index is 843. The van der Waals surface area contributed by atoms with Gasteiger partial charge in [0.25, 0.3) is 0 Å². The van der Waals surface area contributed by atoms with Gasteiger partial charge in [0.1, 0.15) is 5.82 Å². The third-order valence-electron chi connectivity index (χ3n) is 3.22. The molecule has 6 nitrogen and oxygen atoms in total. The minimum atomic E-state index is -1.06. The van der Waals surface area contributed by atoms with Crippen LogP contribution < -0.4 is 9.47 Å². The average Bonchev–Trinajstić information content (AvgIpc) is 2.96. The van der Waals surface area contributed by atoms with Crippen molar-refractivity contribution in [3.8, 4) is 22.9 Å². The number of rotatable bonds is 5. The van der Waals surface area contributed by atoms with E-state index in [0.717, 1.165) is 15.5 Å². The molecule has 0 saturated carbocycles. The molecule has 118 valence electrons. The van der Waals surface area contributed by atoms with E-state index in [1.807, 2.05) is 24.3 Å². The number of fused-ring (bicyclic) bond motifs is 1. The number of carboxylic acid groups (broad SMARTS) is 1. The number of hydrogen-bond donors (Lipinski definition) is 2. The first kappa shape index (κ1) is 15.4. The van der Waals surface area contributed by atoms with Crippen LogP contribution >= 0.6 is 15.9 Å². The van der Waals surface area contributed by atoms with Gasteiger partial charge in [-0.05, 0) is 24.3 Å². The summed E-state index contributed by atoms with van der Waals surface area (Å²) in [7, 11) is 1.50. The molecule has 3 aromatic rings. The zero-order valence-electron chi connectivity index (χ0n) is 12.2. The van der Waals surface area contributed by atoms with E-state index >= 15 is 0 Å². The van der Waals surface area contributed by atoms with Gasteiger partial charge in [-0.1, -0.05) is 28.1 Å². The molecule has 2 N–H and O–H groups in total. The van der Waals surface area contributed by atoms with Crippen LogP contribution in [0.15, 0.2) is 40.9 Å². The van der Waals surface area contributed by atoms with Gasteiger partial charge in [0.05, 0.1) is 23.7 Å². The van der Waals surface area contributed by atoms with E-state index < -0.39 is 12.6 Å². The molecule has 0 aliphatic heterocycles. The molecular formula is C16H13BrN2O4. The number of aromatic nitrogens is 2. The van der Waals surface area contributed by atoms with Crippen molar-refractivity contribution in [2.45, 2.75) is 0 Å². The van der Waals surface area contributed by atoms with Gasteiger partial charge in [0, 0.05) is 4.47 Å². The zero-order chi connectivity index (χ0) is 16.4. The lowest BCUT2D eigenvalue weighted by atomic mass is 10.1. The minimum Gasteiger partial charge on any atom is -0.493 e. The number of methoxy groups -OCH3 is 1. The molecule has 0 spiro atoms. The number of imidazole rings is 1. The largest absolute Gasteiger partial charge is 0.493 e. The molecular weight excluding hydrogens is 364 g/mol. The lowest BCUT2D eigenvalue weighted by Crippen LogP contribution is -2.11. The topological polar surface area (TPSA) is 84.4 Å². The second-order valence-corrected chi connectivity index (χ2v) is 5.69. The summed E-state index contributed by atoms with van der Waals surface area (Å²) in [6.07, 6.45) is 0. The summed E-state index contributed by atoms with van der Waals surface area (Å²) in [5.41, 5.74) is 2.31. The van der Waals surface area contributed by atoms with Gasteiger partial charge in [-0.3, -0.25) is 0 Å². The second kappa shape index (κ2) is 6.29. The molecule has 0 amide bonds. The van der Waals surface area contributed by atoms with Crippen molar-refractivity contribution in [1.29, 1.82) is 0 Å². The van der Waals surface area contributed by atoms with E-state index in [9.17, 15) is 4.79 Å². The van der Waals surface area contributed by atoms with Gasteiger partial charge in [0.15, 0.2) is 18.1 Å². The Labute approximate surface area is 140 Å². The van der Waals surface area contributed by atoms with Crippen molar-refractivity contribution in [2.24, 2.45) is 0 Å². The van der Waals surface area contributed by atoms with E-state index in [4.69, 9.17) is 14.6 Å². The van der Waals surface area contributed by atoms with E-state index in [0.29, 0.717) is 22.9 Å². The SMILES string of the molecule is COc1cc(Br)cc(-c2nc3ccccc3[nH]2)c1OCC(=O)O. The fourth-order valence-electron chi connectivity index (χ4n) is 2.26. The van der Waals surface area contributed by atoms with Gasteiger partial charge >= 0.3 is 5.97 Å². The number of halogens is 1. The number of carbonyl (C=O) groups is 1. The van der Waals surface area contributed by atoms with Crippen molar-refractivity contribution in [3.05, 3.63) is 40.9 Å². The summed E-state index contributed by atoms with van der Waals surface area (Å²) >= 11 is 3.42. The molecule has 1 heterocycles. The molecule has 3 rings (SSSR count). The summed E-state index contributed by atoms with van der Waals surface area (Å²) in [5.74, 6) is 0.268. The van der Waals surface area contributed by atoms with Crippen molar-refractivity contribution < 1.29 is 19.4 Å². The Morgan fingerprint density at radius 1 is 1.35 bits per heavy atom. The number of aromatic amines is 1. The molecule has 0 aliphatic carbocycles. The summed E-state index contributed by atoms with van der Waals surface area (Å²) in [5, 5.41) is 8.87. The van der Waals surface area contributed by atoms with E-state index in [2.05, 4.69) is 25.9 Å². The van der Waals surface area contributed by atoms with Crippen LogP contribution in [0.2, 0.25) is 0 Å². The molecule has 0 fully saturated rings. The highest BCUT2D eigenvalue weighted by Gasteiger charge is 2.18. The second-order valence-electron chi connectivity index (χ2n) is 4.77. The van der Waals surface area contributed by atoms with Crippen LogP contribution in [0.25, 0.3) is 22.4 Å². The fraction of sp³-hybridized carbons (Fsp3) is 0.125. The highest BCUT2D eigenvalue weighted by Crippen LogP contribution is 2.40. The van der Waals surface area contributed by atoms with Crippen LogP contribution in [0, 0.1) is 0 Å². The van der Waals surface area contributed by atoms with Crippen LogP contribution in [0.5, 0.6) is 11.5 Å². The minimum absolute atomic E-state index is 0.331. The normalized spacial score (nSPS) is 10.7. The Morgan fingerprint density at radius 2 is 2.13 bits per heavy atom. The smallest absolute Gasteiger partial charge is 0.341 e. The lowest BCUT2D eigenvalue weighted by Gasteiger charge is -2.13. The van der Waals surface area contributed by atoms with Crippen LogP contribution in [-0.2, 0) is 4.79 Å². The maximum atomic E-state index is 10.8. The van der Waals surface area contributed by atoms with Gasteiger partial charge in [-0.15, -0.1) is 0 Å². The van der Waals surface area contributed by atoms with Crippen molar-refractivity contribution >= 4 is 32.9 Å². The summed E-state index contributed by atoms with van der Waals surface area (Å²) < 4.78 is 11.5. The Balaban J connectivity index is 2.15. The number of nitrogens with one attached hydrogen (secondary N) is 1. The molecule has 0 unspecified atom stereocenters. The predicted octanol–water partition coefficient (Wildman–Crippen LogP) is 3.46. The first-order valence-electron chi connectivity index (χ1n) is 6.75. The lowest BCUT2D eigenvalue weighted by molar-refractivity contribution is -0.139. The van der Waals surface area contributed by atoms with Crippen LogP contribution in [0.3, 0.4) is 0 Å². The molecule has 1 aromatic heterocycles. The molecule has 0 aliphatic rings. The highest BCUT2D eigenvalue weighted by atomic mass is 79.9. The Morgan fingerprint density at radius 3 is 2.83 bits per heavy atom. The summed E-state index contributed by atoms with van der Waals surface area (Å²) in [6, 6.07) is 11.1. The number of para-hydroxylation sites is 2. The average molecular weight is 377 g/mol. The van der Waals surface area contributed by atoms with Crippen molar-refractivity contribution in [2.75, 3.05) is 13.7 Å². The number of ether oxygens (including phenoxy) is 2. The summed E-state index contributed by atoms with van der Waals surface area (Å²) in [6.45, 7) is -0.467. The van der Waals surface area contributed by atoms with Gasteiger partial charge in [0.2, 0.25) is 0 Å². The van der Waals surface area contributed by atoms with Gasteiger partial charge < -0.3 is 19.6 Å². The maximum Gasteiger partial charge on any atom is 0.341 e. The number of benzene rings is 2. The van der Waals surface area contributed by atoms with E-state index in [1.54, 1.807) is 12.1 Å². The number of aliphatic carboxylic acids is 1. The first-order chi connectivity index (χ1) is 11.1. The molecule has 2 aromatic carbocycles. The zero-order valence-corrected chi connectivity index (χ0v) is 13.8.